The fourth-order valence-electron chi connectivity index (χ4n) is 3.78. The Balaban J connectivity index is 1.74. The molecule has 8 nitrogen and oxygen atoms in total. The highest BCUT2D eigenvalue weighted by Gasteiger charge is 2.37. The topological polar surface area (TPSA) is 109 Å². The van der Waals surface area contributed by atoms with Crippen LogP contribution in [0.1, 0.15) is 41.5 Å². The van der Waals surface area contributed by atoms with E-state index in [9.17, 15) is 18.0 Å². The predicted molar refractivity (Wildman–Crippen MR) is 113 cm³/mol. The van der Waals surface area contributed by atoms with Crippen molar-refractivity contribution in [3.8, 4) is 0 Å². The quantitative estimate of drug-likeness (QED) is 0.681. The third-order valence-corrected chi connectivity index (χ3v) is 7.33. The number of benzene rings is 1. The number of anilines is 1. The molecular formula is C21H27N3O5S. The van der Waals surface area contributed by atoms with Crippen LogP contribution >= 0.6 is 0 Å². The summed E-state index contributed by atoms with van der Waals surface area (Å²) in [5.41, 5.74) is 1.63. The maximum atomic E-state index is 13.3. The molecule has 0 bridgehead atoms. The number of ether oxygens (including phenoxy) is 1. The third-order valence-electron chi connectivity index (χ3n) is 5.26. The summed E-state index contributed by atoms with van der Waals surface area (Å²) in [6.45, 7) is 5.53. The van der Waals surface area contributed by atoms with Crippen molar-refractivity contribution >= 4 is 27.6 Å². The Hall–Kier alpha value is -2.65. The van der Waals surface area contributed by atoms with Gasteiger partial charge in [-0.3, -0.25) is 4.79 Å². The summed E-state index contributed by atoms with van der Waals surface area (Å²) >= 11 is 0. The van der Waals surface area contributed by atoms with Gasteiger partial charge in [0, 0.05) is 36.1 Å². The summed E-state index contributed by atoms with van der Waals surface area (Å²) in [4.78, 5) is 27.8. The number of hydrogen-bond donors (Lipinski definition) is 2. The SMILES string of the molecule is CCOC(=O)c1c(C)[nH]c(C)c1S(=O)(=O)N1CCC(C(=O)Nc2ccccc2)CC1. The summed E-state index contributed by atoms with van der Waals surface area (Å²) in [6, 6.07) is 9.17. The second-order valence-corrected chi connectivity index (χ2v) is 9.21. The van der Waals surface area contributed by atoms with E-state index >= 15 is 0 Å². The molecule has 9 heteroatoms. The van der Waals surface area contributed by atoms with Gasteiger partial charge in [-0.15, -0.1) is 0 Å². The fraction of sp³-hybridized carbons (Fsp3) is 0.429. The van der Waals surface area contributed by atoms with Gasteiger partial charge in [0.15, 0.2) is 0 Å². The normalized spacial score (nSPS) is 15.7. The number of carbonyl (C=O) groups excluding carboxylic acids is 2. The van der Waals surface area contributed by atoms with Crippen molar-refractivity contribution in [2.45, 2.75) is 38.5 Å². The number of aromatic nitrogens is 1. The lowest BCUT2D eigenvalue weighted by Crippen LogP contribution is -2.41. The molecule has 2 heterocycles. The molecule has 0 spiro atoms. The van der Waals surface area contributed by atoms with Gasteiger partial charge in [0.1, 0.15) is 10.5 Å². The van der Waals surface area contributed by atoms with Crippen LogP contribution in [0, 0.1) is 19.8 Å². The monoisotopic (exact) mass is 433 g/mol. The molecule has 1 amide bonds. The van der Waals surface area contributed by atoms with Crippen LogP contribution < -0.4 is 5.32 Å². The Morgan fingerprint density at radius 1 is 1.13 bits per heavy atom. The van der Waals surface area contributed by atoms with Crippen molar-refractivity contribution in [3.05, 3.63) is 47.3 Å². The Morgan fingerprint density at radius 3 is 2.37 bits per heavy atom. The first-order chi connectivity index (χ1) is 14.3. The summed E-state index contributed by atoms with van der Waals surface area (Å²) in [5, 5.41) is 2.87. The molecule has 0 radical (unpaired) electrons. The van der Waals surface area contributed by atoms with E-state index in [0.29, 0.717) is 24.2 Å². The van der Waals surface area contributed by atoms with Crippen LogP contribution in [0.4, 0.5) is 5.69 Å². The molecular weight excluding hydrogens is 406 g/mol. The van der Waals surface area contributed by atoms with Crippen LogP contribution in [0.3, 0.4) is 0 Å². The average Bonchev–Trinajstić information content (AvgIpc) is 3.03. The van der Waals surface area contributed by atoms with Gasteiger partial charge in [-0.2, -0.15) is 4.31 Å². The minimum Gasteiger partial charge on any atom is -0.462 e. The number of hydrogen-bond acceptors (Lipinski definition) is 5. The first-order valence-corrected chi connectivity index (χ1v) is 11.4. The van der Waals surface area contributed by atoms with E-state index < -0.39 is 16.0 Å². The molecule has 2 aromatic rings. The van der Waals surface area contributed by atoms with E-state index in [4.69, 9.17) is 4.74 Å². The van der Waals surface area contributed by atoms with Crippen molar-refractivity contribution in [1.29, 1.82) is 0 Å². The largest absolute Gasteiger partial charge is 0.462 e. The first kappa shape index (κ1) is 22.0. The molecule has 162 valence electrons. The molecule has 1 saturated heterocycles. The zero-order chi connectivity index (χ0) is 21.9. The van der Waals surface area contributed by atoms with E-state index in [2.05, 4.69) is 10.3 Å². The number of amides is 1. The van der Waals surface area contributed by atoms with Crippen molar-refractivity contribution in [2.75, 3.05) is 25.0 Å². The number of para-hydroxylation sites is 1. The maximum Gasteiger partial charge on any atom is 0.341 e. The highest BCUT2D eigenvalue weighted by atomic mass is 32.2. The number of piperidine rings is 1. The maximum absolute atomic E-state index is 13.3. The minimum atomic E-state index is -3.90. The van der Waals surface area contributed by atoms with Gasteiger partial charge in [0.05, 0.1) is 6.61 Å². The summed E-state index contributed by atoms with van der Waals surface area (Å²) < 4.78 is 33.0. The molecule has 1 aliphatic rings. The Kier molecular flexibility index (Phi) is 6.62. The number of carbonyl (C=O) groups is 2. The fourth-order valence-corrected chi connectivity index (χ4v) is 5.67. The van der Waals surface area contributed by atoms with E-state index in [0.717, 1.165) is 5.69 Å². The predicted octanol–water partition coefficient (Wildman–Crippen LogP) is 2.85. The molecule has 1 fully saturated rings. The number of sulfonamides is 1. The average molecular weight is 434 g/mol. The Bertz CT molecular complexity index is 1020. The first-order valence-electron chi connectivity index (χ1n) is 9.98. The van der Waals surface area contributed by atoms with Gasteiger partial charge >= 0.3 is 5.97 Å². The number of H-pyrrole nitrogens is 1. The van der Waals surface area contributed by atoms with Gasteiger partial charge in [0.2, 0.25) is 15.9 Å². The number of nitrogens with one attached hydrogen (secondary N) is 2. The van der Waals surface area contributed by atoms with Crippen LogP contribution in [-0.4, -0.2) is 49.3 Å². The van der Waals surface area contributed by atoms with E-state index in [1.807, 2.05) is 30.3 Å². The van der Waals surface area contributed by atoms with Crippen molar-refractivity contribution < 1.29 is 22.7 Å². The van der Waals surface area contributed by atoms with E-state index in [-0.39, 0.29) is 42.0 Å². The molecule has 3 rings (SSSR count). The lowest BCUT2D eigenvalue weighted by atomic mass is 9.97. The zero-order valence-electron chi connectivity index (χ0n) is 17.4. The Morgan fingerprint density at radius 2 is 1.77 bits per heavy atom. The number of aryl methyl sites for hydroxylation is 2. The van der Waals surface area contributed by atoms with Crippen LogP contribution in [-0.2, 0) is 19.6 Å². The van der Waals surface area contributed by atoms with E-state index in [1.54, 1.807) is 20.8 Å². The zero-order valence-corrected chi connectivity index (χ0v) is 18.2. The van der Waals surface area contributed by atoms with Gasteiger partial charge in [-0.25, -0.2) is 13.2 Å². The molecule has 0 atom stereocenters. The van der Waals surface area contributed by atoms with E-state index in [1.165, 1.54) is 4.31 Å². The lowest BCUT2D eigenvalue weighted by Gasteiger charge is -2.30. The number of rotatable bonds is 6. The Labute approximate surface area is 176 Å². The van der Waals surface area contributed by atoms with Gasteiger partial charge < -0.3 is 15.0 Å². The molecule has 1 aliphatic heterocycles. The molecule has 30 heavy (non-hydrogen) atoms. The standard InChI is InChI=1S/C21H27N3O5S/c1-4-29-21(26)18-14(2)22-15(3)19(18)30(27,28)24-12-10-16(11-13-24)20(25)23-17-8-6-5-7-9-17/h5-9,16,22H,4,10-13H2,1-3H3,(H,23,25). The number of esters is 1. The van der Waals surface area contributed by atoms with Crippen LogP contribution in [0.2, 0.25) is 0 Å². The second kappa shape index (κ2) is 9.01. The van der Waals surface area contributed by atoms with Crippen LogP contribution in [0.5, 0.6) is 0 Å². The molecule has 0 aliphatic carbocycles. The minimum absolute atomic E-state index is 0.0364. The highest BCUT2D eigenvalue weighted by Crippen LogP contribution is 2.30. The summed E-state index contributed by atoms with van der Waals surface area (Å²) in [5.74, 6) is -1.04. The molecule has 0 saturated carbocycles. The van der Waals surface area contributed by atoms with Crippen molar-refractivity contribution in [1.82, 2.24) is 9.29 Å². The summed E-state index contributed by atoms with van der Waals surface area (Å²) in [6.07, 6.45) is 0.824. The van der Waals surface area contributed by atoms with Crippen molar-refractivity contribution in [3.63, 3.8) is 0 Å². The molecule has 0 unspecified atom stereocenters. The van der Waals surface area contributed by atoms with Crippen LogP contribution in [0.15, 0.2) is 35.2 Å². The van der Waals surface area contributed by atoms with Crippen molar-refractivity contribution in [2.24, 2.45) is 5.92 Å². The van der Waals surface area contributed by atoms with Gasteiger partial charge in [0.25, 0.3) is 0 Å². The summed E-state index contributed by atoms with van der Waals surface area (Å²) in [7, 11) is -3.90. The number of nitrogens with zero attached hydrogens (tertiary/aromatic N) is 1. The molecule has 1 aromatic carbocycles. The molecule has 1 aromatic heterocycles. The second-order valence-electron chi connectivity index (χ2n) is 7.33. The number of aromatic amines is 1. The van der Waals surface area contributed by atoms with Gasteiger partial charge in [-0.1, -0.05) is 18.2 Å². The van der Waals surface area contributed by atoms with Gasteiger partial charge in [-0.05, 0) is 45.7 Å². The van der Waals surface area contributed by atoms with Crippen LogP contribution in [0.25, 0.3) is 0 Å². The smallest absolute Gasteiger partial charge is 0.341 e. The molecule has 2 N–H and O–H groups in total. The highest BCUT2D eigenvalue weighted by molar-refractivity contribution is 7.89. The third kappa shape index (κ3) is 4.41. The lowest BCUT2D eigenvalue weighted by molar-refractivity contribution is -0.120.